The van der Waals surface area contributed by atoms with E-state index in [0.29, 0.717) is 21.4 Å². The molecule has 9 heteroatoms. The maximum absolute atomic E-state index is 12.9. The van der Waals surface area contributed by atoms with Gasteiger partial charge in [-0.3, -0.25) is 4.79 Å². The summed E-state index contributed by atoms with van der Waals surface area (Å²) in [5.41, 5.74) is 14.3. The predicted octanol–water partition coefficient (Wildman–Crippen LogP) is 4.69. The summed E-state index contributed by atoms with van der Waals surface area (Å²) < 4.78 is 1.57. The Morgan fingerprint density at radius 2 is 1.81 bits per heavy atom. The average Bonchev–Trinajstić information content (AvgIpc) is 3.03. The molecule has 168 valence electrons. The van der Waals surface area contributed by atoms with Gasteiger partial charge in [-0.2, -0.15) is 5.10 Å². The fraction of sp³-hybridized carbons (Fsp3) is 0.217. The average molecular weight is 493 g/mol. The van der Waals surface area contributed by atoms with Gasteiger partial charge in [-0.15, -0.1) is 12.4 Å². The lowest BCUT2D eigenvalue weighted by atomic mass is 10.1. The second-order valence-electron chi connectivity index (χ2n) is 7.91. The molecule has 0 aliphatic carbocycles. The van der Waals surface area contributed by atoms with Crippen molar-refractivity contribution in [2.45, 2.75) is 26.3 Å². The Hall–Kier alpha value is -2.69. The number of hydrogen-bond acceptors (Lipinski definition) is 4. The third-order valence-corrected chi connectivity index (χ3v) is 4.81. The summed E-state index contributed by atoms with van der Waals surface area (Å²) in [5, 5.41) is 8.41. The van der Waals surface area contributed by atoms with Crippen molar-refractivity contribution in [2.75, 3.05) is 12.3 Å². The van der Waals surface area contributed by atoms with Gasteiger partial charge in [0.15, 0.2) is 5.69 Å². The SMILES string of the molecule is CC(C)(C)NC(=O)c1nn(-c2ccc(C#CCN)cc2Cl)c(-c2ccc(Cl)cc2)c1N.Cl. The molecule has 0 unspecified atom stereocenters. The van der Waals surface area contributed by atoms with Gasteiger partial charge in [-0.25, -0.2) is 4.68 Å². The number of benzene rings is 2. The quantitative estimate of drug-likeness (QED) is 0.462. The van der Waals surface area contributed by atoms with Crippen LogP contribution in [0.25, 0.3) is 16.9 Å². The van der Waals surface area contributed by atoms with E-state index in [0.717, 1.165) is 11.1 Å². The highest BCUT2D eigenvalue weighted by molar-refractivity contribution is 6.32. The summed E-state index contributed by atoms with van der Waals surface area (Å²) in [7, 11) is 0. The van der Waals surface area contributed by atoms with Gasteiger partial charge < -0.3 is 16.8 Å². The summed E-state index contributed by atoms with van der Waals surface area (Å²) in [5.74, 6) is 5.36. The number of rotatable bonds is 3. The Balaban J connectivity index is 0.00000363. The van der Waals surface area contributed by atoms with Crippen LogP contribution in [0.15, 0.2) is 42.5 Å². The second kappa shape index (κ2) is 10.3. The summed E-state index contributed by atoms with van der Waals surface area (Å²) >= 11 is 12.6. The first kappa shape index (κ1) is 25.6. The molecule has 0 spiro atoms. The third-order valence-electron chi connectivity index (χ3n) is 4.25. The number of anilines is 1. The van der Waals surface area contributed by atoms with Gasteiger partial charge in [-0.05, 0) is 51.1 Å². The number of halogens is 3. The third kappa shape index (κ3) is 5.76. The Labute approximate surface area is 203 Å². The number of aromatic nitrogens is 2. The van der Waals surface area contributed by atoms with E-state index in [9.17, 15) is 4.79 Å². The number of nitrogens with one attached hydrogen (secondary N) is 1. The summed E-state index contributed by atoms with van der Waals surface area (Å²) in [6, 6.07) is 12.4. The molecule has 2 aromatic carbocycles. The van der Waals surface area contributed by atoms with E-state index in [1.54, 1.807) is 28.9 Å². The Morgan fingerprint density at radius 1 is 1.16 bits per heavy atom. The van der Waals surface area contributed by atoms with E-state index >= 15 is 0 Å². The lowest BCUT2D eigenvalue weighted by Crippen LogP contribution is -2.41. The molecular weight excluding hydrogens is 469 g/mol. The maximum atomic E-state index is 12.9. The minimum Gasteiger partial charge on any atom is -0.395 e. The van der Waals surface area contributed by atoms with Gasteiger partial charge in [0.05, 0.1) is 28.6 Å². The minimum atomic E-state index is -0.450. The summed E-state index contributed by atoms with van der Waals surface area (Å²) in [6.45, 7) is 5.91. The Bertz CT molecular complexity index is 1190. The van der Waals surface area contributed by atoms with Crippen LogP contribution < -0.4 is 16.8 Å². The van der Waals surface area contributed by atoms with Crippen LogP contribution >= 0.6 is 35.6 Å². The molecule has 0 bridgehead atoms. The van der Waals surface area contributed by atoms with E-state index in [1.165, 1.54) is 0 Å². The number of carbonyl (C=O) groups is 1. The lowest BCUT2D eigenvalue weighted by molar-refractivity contribution is 0.0915. The summed E-state index contributed by atoms with van der Waals surface area (Å²) in [4.78, 5) is 12.9. The van der Waals surface area contributed by atoms with Gasteiger partial charge in [-0.1, -0.05) is 47.2 Å². The maximum Gasteiger partial charge on any atom is 0.274 e. The number of amides is 1. The highest BCUT2D eigenvalue weighted by atomic mass is 35.5. The van der Waals surface area contributed by atoms with Crippen LogP contribution in [0.5, 0.6) is 0 Å². The molecule has 0 aliphatic rings. The van der Waals surface area contributed by atoms with Crippen LogP contribution in [-0.4, -0.2) is 27.8 Å². The number of carbonyl (C=O) groups excluding carboxylic acids is 1. The zero-order valence-electron chi connectivity index (χ0n) is 17.9. The molecule has 1 amide bonds. The molecule has 32 heavy (non-hydrogen) atoms. The van der Waals surface area contributed by atoms with Crippen LogP contribution in [0.4, 0.5) is 5.69 Å². The molecule has 0 radical (unpaired) electrons. The molecule has 1 heterocycles. The highest BCUT2D eigenvalue weighted by Crippen LogP contribution is 2.34. The number of nitrogens with zero attached hydrogens (tertiary/aromatic N) is 2. The van der Waals surface area contributed by atoms with Crippen LogP contribution in [0, 0.1) is 11.8 Å². The topological polar surface area (TPSA) is 99.0 Å². The van der Waals surface area contributed by atoms with Crippen molar-refractivity contribution in [2.24, 2.45) is 5.73 Å². The van der Waals surface area contributed by atoms with E-state index in [2.05, 4.69) is 22.3 Å². The molecule has 0 fully saturated rings. The van der Waals surface area contributed by atoms with Gasteiger partial charge >= 0.3 is 0 Å². The van der Waals surface area contributed by atoms with Crippen molar-refractivity contribution < 1.29 is 4.79 Å². The van der Waals surface area contributed by atoms with Gasteiger partial charge in [0, 0.05) is 21.7 Å². The van der Waals surface area contributed by atoms with Crippen molar-refractivity contribution >= 4 is 47.2 Å². The molecule has 0 saturated carbocycles. The van der Waals surface area contributed by atoms with E-state index in [-0.39, 0.29) is 36.2 Å². The van der Waals surface area contributed by atoms with Crippen molar-refractivity contribution in [3.63, 3.8) is 0 Å². The number of hydrogen-bond donors (Lipinski definition) is 3. The van der Waals surface area contributed by atoms with Crippen LogP contribution in [-0.2, 0) is 0 Å². The standard InChI is InChI=1S/C23H23Cl2N5O.ClH/c1-23(2,3)28-22(31)20-19(27)21(15-7-9-16(24)10-8-15)30(29-20)18-11-6-14(5-4-12-26)13-17(18)25;/h6-11,13H,12,26-27H2,1-3H3,(H,28,31);1H. The molecule has 0 aliphatic heterocycles. The van der Waals surface area contributed by atoms with E-state index in [4.69, 9.17) is 34.7 Å². The Morgan fingerprint density at radius 3 is 2.38 bits per heavy atom. The van der Waals surface area contributed by atoms with Gasteiger partial charge in [0.1, 0.15) is 0 Å². The monoisotopic (exact) mass is 491 g/mol. The zero-order chi connectivity index (χ0) is 22.8. The van der Waals surface area contributed by atoms with Crippen molar-refractivity contribution in [3.8, 4) is 28.8 Å². The number of nitrogens with two attached hydrogens (primary N) is 2. The van der Waals surface area contributed by atoms with E-state index in [1.807, 2.05) is 39.0 Å². The first-order valence-corrected chi connectivity index (χ1v) is 10.3. The molecule has 1 aromatic heterocycles. The van der Waals surface area contributed by atoms with Gasteiger partial charge in [0.25, 0.3) is 5.91 Å². The zero-order valence-corrected chi connectivity index (χ0v) is 20.2. The normalized spacial score (nSPS) is 10.7. The van der Waals surface area contributed by atoms with Crippen molar-refractivity contribution in [1.29, 1.82) is 0 Å². The van der Waals surface area contributed by atoms with Crippen LogP contribution in [0.1, 0.15) is 36.8 Å². The second-order valence-corrected chi connectivity index (χ2v) is 8.75. The smallest absolute Gasteiger partial charge is 0.274 e. The molecule has 0 saturated heterocycles. The fourth-order valence-electron chi connectivity index (χ4n) is 2.97. The molecular formula is C23H24Cl3N5O. The van der Waals surface area contributed by atoms with Gasteiger partial charge in [0.2, 0.25) is 0 Å². The van der Waals surface area contributed by atoms with Crippen LogP contribution in [0.2, 0.25) is 10.0 Å². The molecule has 5 N–H and O–H groups in total. The lowest BCUT2D eigenvalue weighted by Gasteiger charge is -2.19. The first-order chi connectivity index (χ1) is 14.6. The first-order valence-electron chi connectivity index (χ1n) is 9.56. The minimum absolute atomic E-state index is 0. The van der Waals surface area contributed by atoms with Crippen molar-refractivity contribution in [1.82, 2.24) is 15.1 Å². The summed E-state index contributed by atoms with van der Waals surface area (Å²) in [6.07, 6.45) is 0. The number of nitrogen functional groups attached to an aromatic ring is 1. The largest absolute Gasteiger partial charge is 0.395 e. The molecule has 0 atom stereocenters. The molecule has 6 nitrogen and oxygen atoms in total. The Kier molecular flexibility index (Phi) is 8.22. The fourth-order valence-corrected chi connectivity index (χ4v) is 3.35. The molecule has 3 aromatic rings. The van der Waals surface area contributed by atoms with Crippen LogP contribution in [0.3, 0.4) is 0 Å². The van der Waals surface area contributed by atoms with Crippen molar-refractivity contribution in [3.05, 3.63) is 63.8 Å². The van der Waals surface area contributed by atoms with E-state index < -0.39 is 5.54 Å². The highest BCUT2D eigenvalue weighted by Gasteiger charge is 2.26. The predicted molar refractivity (Wildman–Crippen MR) is 134 cm³/mol. The molecule has 3 rings (SSSR count).